The van der Waals surface area contributed by atoms with Gasteiger partial charge >= 0.3 is 10.4 Å². The van der Waals surface area contributed by atoms with Gasteiger partial charge in [0.05, 0.1) is 25.7 Å². The highest BCUT2D eigenvalue weighted by Gasteiger charge is 2.43. The largest absolute Gasteiger partial charge is 0.474 e. The van der Waals surface area contributed by atoms with E-state index in [1.165, 1.54) is 12.8 Å². The topological polar surface area (TPSA) is 50.8 Å². The van der Waals surface area contributed by atoms with Gasteiger partial charge in [0.15, 0.2) is 6.29 Å². The molecule has 0 atom stereocenters. The highest BCUT2D eigenvalue weighted by atomic mass is 32.3. The maximum atomic E-state index is 12.4. The zero-order chi connectivity index (χ0) is 10.7. The average molecular weight is 243 g/mol. The molecule has 0 aromatic heterocycles. The monoisotopic (exact) mass is 243 g/mol. The van der Waals surface area contributed by atoms with Crippen LogP contribution in [0.5, 0.6) is 0 Å². The van der Waals surface area contributed by atoms with Crippen LogP contribution in [-0.2, 0) is 10.4 Å². The fourth-order valence-electron chi connectivity index (χ4n) is 2.23. The van der Waals surface area contributed by atoms with Crippen molar-refractivity contribution in [2.45, 2.75) is 26.2 Å². The predicted molar refractivity (Wildman–Crippen MR) is 57.9 cm³/mol. The molecule has 0 bridgehead atoms. The molecule has 3 nitrogen and oxygen atoms in total. The maximum Gasteiger partial charge on any atom is 0.474 e. The molecule has 2 N–H and O–H groups in total. The van der Waals surface area contributed by atoms with E-state index in [4.69, 9.17) is 0 Å². The van der Waals surface area contributed by atoms with E-state index < -0.39 is 17.7 Å². The Hall–Kier alpha value is 0.270. The Kier molecular flexibility index (Phi) is 4.29. The molecule has 0 amide bonds. The fraction of sp³-hybridized carbons (Fsp3) is 1.00. The molecule has 1 fully saturated rings. The van der Waals surface area contributed by atoms with E-state index in [2.05, 4.69) is 6.92 Å². The highest BCUT2D eigenvalue weighted by Crippen LogP contribution is 2.62. The maximum absolute atomic E-state index is 12.4. The number of hydrogen-bond donors (Lipinski definition) is 1. The minimum atomic E-state index is -4.37. The van der Waals surface area contributed by atoms with Gasteiger partial charge in [-0.3, -0.25) is 0 Å². The van der Waals surface area contributed by atoms with Gasteiger partial charge in [-0.15, -0.1) is 8.42 Å². The first-order chi connectivity index (χ1) is 6.47. The van der Waals surface area contributed by atoms with E-state index in [9.17, 15) is 12.3 Å². The predicted octanol–water partition coefficient (Wildman–Crippen LogP) is 0.943. The molecule has 0 aromatic rings. The van der Waals surface area contributed by atoms with E-state index >= 15 is 0 Å². The molecule has 1 saturated heterocycles. The van der Waals surface area contributed by atoms with Crippen LogP contribution in [0, 0.1) is 0 Å². The molecule has 0 aromatic carbocycles. The lowest BCUT2D eigenvalue weighted by molar-refractivity contribution is -0.480. The van der Waals surface area contributed by atoms with Gasteiger partial charge < -0.3 is 0 Å². The minimum absolute atomic E-state index is 0.500. The van der Waals surface area contributed by atoms with Crippen molar-refractivity contribution in [3.05, 3.63) is 0 Å². The second kappa shape index (κ2) is 4.86. The summed E-state index contributed by atoms with van der Waals surface area (Å²) in [7, 11) is -5.48. The van der Waals surface area contributed by atoms with E-state index in [-0.39, 0.29) is 0 Å². The lowest BCUT2D eigenvalue weighted by Gasteiger charge is -2.18. The number of nitrogens with two attached hydrogens (primary N) is 1. The third-order valence-electron chi connectivity index (χ3n) is 2.87. The van der Waals surface area contributed by atoms with Crippen molar-refractivity contribution < 1.29 is 17.0 Å². The summed E-state index contributed by atoms with van der Waals surface area (Å²) < 4.78 is 34.2. The lowest BCUT2D eigenvalue weighted by Crippen LogP contribution is -2.86. The van der Waals surface area contributed by atoms with Crippen molar-refractivity contribution in [2.75, 3.05) is 24.8 Å². The number of halogens is 1. The van der Waals surface area contributed by atoms with Crippen LogP contribution in [0.15, 0.2) is 0 Å². The summed E-state index contributed by atoms with van der Waals surface area (Å²) in [5, 5.41) is 0. The molecule has 0 saturated carbocycles. The molecule has 1 aliphatic rings. The molecule has 0 radical (unpaired) electrons. The first kappa shape index (κ1) is 12.3. The van der Waals surface area contributed by atoms with Crippen molar-refractivity contribution in [3.8, 4) is 0 Å². The summed E-state index contributed by atoms with van der Waals surface area (Å²) in [6.07, 6.45) is 7.44. The van der Waals surface area contributed by atoms with Gasteiger partial charge in [-0.25, -0.2) is 0 Å². The van der Waals surface area contributed by atoms with Gasteiger partial charge in [0, 0.05) is 0 Å². The molecule has 0 aliphatic carbocycles. The van der Waals surface area contributed by atoms with Crippen molar-refractivity contribution >= 4 is 17.7 Å². The summed E-state index contributed by atoms with van der Waals surface area (Å²) in [6.45, 7) is 2.12. The Balaban J connectivity index is 2.52. The molecule has 1 aliphatic heterocycles. The Bertz CT molecular complexity index is 275. The SMILES string of the molecule is CCC[P+]1(C[NH2+]S(=O)(=O)F)CCCC1. The van der Waals surface area contributed by atoms with Gasteiger partial charge in [0.2, 0.25) is 0 Å². The van der Waals surface area contributed by atoms with Crippen molar-refractivity contribution in [3.63, 3.8) is 0 Å². The summed E-state index contributed by atoms with van der Waals surface area (Å²) in [6, 6.07) is 0. The van der Waals surface area contributed by atoms with E-state index in [1.54, 1.807) is 0 Å². The molecule has 0 spiro atoms. The van der Waals surface area contributed by atoms with Gasteiger partial charge in [-0.1, -0.05) is 10.8 Å². The van der Waals surface area contributed by atoms with Gasteiger partial charge in [-0.05, 0) is 19.3 Å². The third-order valence-corrected chi connectivity index (χ3v) is 8.57. The zero-order valence-electron chi connectivity index (χ0n) is 8.58. The Labute approximate surface area is 86.1 Å². The van der Waals surface area contributed by atoms with Crippen LogP contribution in [0.25, 0.3) is 0 Å². The molecular weight excluding hydrogens is 224 g/mol. The van der Waals surface area contributed by atoms with Gasteiger partial charge in [-0.2, -0.15) is 4.72 Å². The Morgan fingerprint density at radius 3 is 2.36 bits per heavy atom. The molecule has 0 unspecified atom stereocenters. The van der Waals surface area contributed by atoms with E-state index in [1.807, 2.05) is 0 Å². The van der Waals surface area contributed by atoms with Gasteiger partial charge in [0.25, 0.3) is 0 Å². The molecule has 1 rings (SSSR count). The van der Waals surface area contributed by atoms with Crippen LogP contribution >= 0.6 is 7.26 Å². The van der Waals surface area contributed by atoms with Crippen LogP contribution in [0.4, 0.5) is 3.89 Å². The quantitative estimate of drug-likeness (QED) is 0.577. The van der Waals surface area contributed by atoms with Crippen LogP contribution in [0.2, 0.25) is 0 Å². The average Bonchev–Trinajstić information content (AvgIpc) is 2.50. The first-order valence-electron chi connectivity index (χ1n) is 5.10. The first-order valence-corrected chi connectivity index (χ1v) is 9.08. The summed E-state index contributed by atoms with van der Waals surface area (Å²) in [5.74, 6) is 0. The fourth-order valence-corrected chi connectivity index (χ4v) is 8.16. The lowest BCUT2D eigenvalue weighted by atomic mass is 10.4. The van der Waals surface area contributed by atoms with E-state index in [0.717, 1.165) is 29.6 Å². The number of rotatable bonds is 5. The van der Waals surface area contributed by atoms with E-state index in [0.29, 0.717) is 6.29 Å². The molecular formula is C8H19FNO2PS+2. The van der Waals surface area contributed by atoms with Crippen LogP contribution in [-0.4, -0.2) is 33.2 Å². The highest BCUT2D eigenvalue weighted by molar-refractivity contribution is 7.80. The van der Waals surface area contributed by atoms with Gasteiger partial charge in [0.1, 0.15) is 0 Å². The third kappa shape index (κ3) is 3.79. The zero-order valence-corrected chi connectivity index (χ0v) is 10.3. The standard InChI is InChI=1S/C8H18FNO2PS/c1-2-5-13(6-3-4-7-13)8-10-14(9,11)12/h10H,2-8H2,1H3/q+1/p+1. The smallest absolute Gasteiger partial charge is 0.181 e. The normalized spacial score (nSPS) is 21.3. The van der Waals surface area contributed by atoms with Crippen molar-refractivity contribution in [1.82, 2.24) is 0 Å². The number of hydrogen-bond acceptors (Lipinski definition) is 2. The minimum Gasteiger partial charge on any atom is -0.181 e. The van der Waals surface area contributed by atoms with Crippen molar-refractivity contribution in [2.24, 2.45) is 0 Å². The summed E-state index contributed by atoms with van der Waals surface area (Å²) in [4.78, 5) is 0. The summed E-state index contributed by atoms with van der Waals surface area (Å²) in [5.41, 5.74) is 0. The number of quaternary nitrogens is 1. The van der Waals surface area contributed by atoms with Crippen LogP contribution in [0.1, 0.15) is 26.2 Å². The Morgan fingerprint density at radius 2 is 1.93 bits per heavy atom. The second-order valence-corrected chi connectivity index (χ2v) is 9.72. The van der Waals surface area contributed by atoms with Crippen LogP contribution < -0.4 is 4.72 Å². The summed E-state index contributed by atoms with van der Waals surface area (Å²) >= 11 is 0. The molecule has 14 heavy (non-hydrogen) atoms. The molecule has 1 heterocycles. The van der Waals surface area contributed by atoms with Crippen LogP contribution in [0.3, 0.4) is 0 Å². The Morgan fingerprint density at radius 1 is 1.36 bits per heavy atom. The second-order valence-electron chi connectivity index (χ2n) is 4.04. The van der Waals surface area contributed by atoms with Crippen molar-refractivity contribution in [1.29, 1.82) is 0 Å². The molecule has 84 valence electrons. The molecule has 6 heteroatoms.